The molecular weight excluding hydrogens is 277 g/mol. The molecule has 0 saturated heterocycles. The molecule has 1 heterocycles. The lowest BCUT2D eigenvalue weighted by atomic mass is 10.1. The van der Waals surface area contributed by atoms with E-state index in [1.54, 1.807) is 13.0 Å². The van der Waals surface area contributed by atoms with Crippen molar-refractivity contribution in [3.05, 3.63) is 53.0 Å². The molecule has 0 saturated carbocycles. The molecule has 2 rings (SSSR count). The molecule has 0 radical (unpaired) electrons. The predicted octanol–water partition coefficient (Wildman–Crippen LogP) is 2.07. The highest BCUT2D eigenvalue weighted by Crippen LogP contribution is 2.22. The summed E-state index contributed by atoms with van der Waals surface area (Å²) >= 11 is 0. The van der Waals surface area contributed by atoms with E-state index in [1.807, 2.05) is 0 Å². The fourth-order valence-electron chi connectivity index (χ4n) is 1.87. The number of aryl methyl sites for hydroxylation is 1. The maximum atomic E-state index is 13.6. The molecule has 4 N–H and O–H groups in total. The topological polar surface area (TPSA) is 105 Å². The van der Waals surface area contributed by atoms with Gasteiger partial charge >= 0.3 is 5.97 Å². The number of halogens is 1. The number of carbonyl (C=O) groups excluding carboxylic acids is 1. The molecule has 0 unspecified atom stereocenters. The van der Waals surface area contributed by atoms with Crippen LogP contribution < -0.4 is 11.1 Å². The third-order valence-electron chi connectivity index (χ3n) is 2.87. The minimum atomic E-state index is -1.36. The highest BCUT2D eigenvalue weighted by atomic mass is 19.1. The van der Waals surface area contributed by atoms with Crippen LogP contribution >= 0.6 is 0 Å². The summed E-state index contributed by atoms with van der Waals surface area (Å²) in [5.74, 6) is -2.72. The molecule has 0 fully saturated rings. The van der Waals surface area contributed by atoms with Crippen LogP contribution in [0.5, 0.6) is 0 Å². The lowest BCUT2D eigenvalue weighted by molar-refractivity contribution is 0.0691. The van der Waals surface area contributed by atoms with Crippen molar-refractivity contribution in [1.82, 2.24) is 4.98 Å². The first-order chi connectivity index (χ1) is 9.90. The minimum absolute atomic E-state index is 0.185. The zero-order chi connectivity index (χ0) is 15.6. The molecule has 6 nitrogen and oxygen atoms in total. The molecule has 1 aromatic heterocycles. The van der Waals surface area contributed by atoms with E-state index in [-0.39, 0.29) is 17.1 Å². The molecule has 0 bridgehead atoms. The van der Waals surface area contributed by atoms with Crippen molar-refractivity contribution >= 4 is 23.4 Å². The first-order valence-corrected chi connectivity index (χ1v) is 5.95. The van der Waals surface area contributed by atoms with Crippen LogP contribution in [0, 0.1) is 12.7 Å². The van der Waals surface area contributed by atoms with Crippen molar-refractivity contribution in [2.24, 2.45) is 5.73 Å². The first-order valence-electron chi connectivity index (χ1n) is 5.95. The van der Waals surface area contributed by atoms with Crippen LogP contribution in [0.1, 0.15) is 26.3 Å². The number of rotatable bonds is 4. The molecule has 0 atom stereocenters. The van der Waals surface area contributed by atoms with Crippen LogP contribution in [-0.4, -0.2) is 22.0 Å². The smallest absolute Gasteiger partial charge is 0.338 e. The Balaban J connectivity index is 2.39. The molecule has 0 aliphatic carbocycles. The molecule has 1 amide bonds. The van der Waals surface area contributed by atoms with Gasteiger partial charge in [-0.2, -0.15) is 0 Å². The van der Waals surface area contributed by atoms with Crippen molar-refractivity contribution in [3.63, 3.8) is 0 Å². The third kappa shape index (κ3) is 2.97. The molecule has 0 aliphatic rings. The zero-order valence-electron chi connectivity index (χ0n) is 11.1. The average Bonchev–Trinajstić information content (AvgIpc) is 2.37. The van der Waals surface area contributed by atoms with Crippen molar-refractivity contribution in [1.29, 1.82) is 0 Å². The Bertz CT molecular complexity index is 731. The standard InChI is InChI=1S/C14H12FN3O3/c1-7-4-5-17-13(11(7)12(16)19)18-8-2-3-9(14(20)21)10(15)6-8/h2-6H,1H3,(H2,16,19)(H,17,18)(H,20,21). The van der Waals surface area contributed by atoms with Crippen LogP contribution in [-0.2, 0) is 0 Å². The third-order valence-corrected chi connectivity index (χ3v) is 2.87. The minimum Gasteiger partial charge on any atom is -0.478 e. The second-order valence-electron chi connectivity index (χ2n) is 4.34. The van der Waals surface area contributed by atoms with Crippen molar-refractivity contribution < 1.29 is 19.1 Å². The summed E-state index contributed by atoms with van der Waals surface area (Å²) in [4.78, 5) is 26.2. The van der Waals surface area contributed by atoms with Crippen molar-refractivity contribution in [2.45, 2.75) is 6.92 Å². The number of pyridine rings is 1. The number of carboxylic acid groups (broad SMARTS) is 1. The summed E-state index contributed by atoms with van der Waals surface area (Å²) in [5.41, 5.74) is 5.94. The number of primary amides is 1. The second kappa shape index (κ2) is 5.58. The molecule has 1 aromatic carbocycles. The number of nitrogens with two attached hydrogens (primary N) is 1. The Morgan fingerprint density at radius 1 is 1.33 bits per heavy atom. The van der Waals surface area contributed by atoms with E-state index in [0.29, 0.717) is 5.56 Å². The largest absolute Gasteiger partial charge is 0.478 e. The maximum Gasteiger partial charge on any atom is 0.338 e. The molecule has 0 aliphatic heterocycles. The fraction of sp³-hybridized carbons (Fsp3) is 0.0714. The fourth-order valence-corrected chi connectivity index (χ4v) is 1.87. The van der Waals surface area contributed by atoms with Crippen molar-refractivity contribution in [2.75, 3.05) is 5.32 Å². The van der Waals surface area contributed by atoms with Crippen LogP contribution in [0.4, 0.5) is 15.9 Å². The second-order valence-corrected chi connectivity index (χ2v) is 4.34. The summed E-state index contributed by atoms with van der Waals surface area (Å²) in [5, 5.41) is 11.5. The normalized spacial score (nSPS) is 10.2. The van der Waals surface area contributed by atoms with Crippen LogP contribution in [0.2, 0.25) is 0 Å². The number of hydrogen-bond donors (Lipinski definition) is 3. The molecule has 108 valence electrons. The lowest BCUT2D eigenvalue weighted by Gasteiger charge is -2.11. The highest BCUT2D eigenvalue weighted by molar-refractivity contribution is 5.99. The molecule has 0 spiro atoms. The van der Waals surface area contributed by atoms with Gasteiger partial charge in [-0.1, -0.05) is 0 Å². The highest BCUT2D eigenvalue weighted by Gasteiger charge is 2.14. The van der Waals surface area contributed by atoms with Gasteiger partial charge in [0.2, 0.25) is 0 Å². The summed E-state index contributed by atoms with van der Waals surface area (Å²) < 4.78 is 13.6. The monoisotopic (exact) mass is 289 g/mol. The molecule has 2 aromatic rings. The summed E-state index contributed by atoms with van der Waals surface area (Å²) in [6.45, 7) is 1.70. The number of hydrogen-bond acceptors (Lipinski definition) is 4. The van der Waals surface area contributed by atoms with E-state index in [2.05, 4.69) is 10.3 Å². The van der Waals surface area contributed by atoms with Crippen molar-refractivity contribution in [3.8, 4) is 0 Å². The van der Waals surface area contributed by atoms with Gasteiger partial charge in [0.15, 0.2) is 0 Å². The van der Waals surface area contributed by atoms with E-state index < -0.39 is 23.3 Å². The Hall–Kier alpha value is -2.96. The SMILES string of the molecule is Cc1ccnc(Nc2ccc(C(=O)O)c(F)c2)c1C(N)=O. The number of nitrogens with one attached hydrogen (secondary N) is 1. The summed E-state index contributed by atoms with van der Waals surface area (Å²) in [7, 11) is 0. The Kier molecular flexibility index (Phi) is 3.84. The van der Waals surface area contributed by atoms with Crippen LogP contribution in [0.15, 0.2) is 30.5 Å². The number of carbonyl (C=O) groups is 2. The lowest BCUT2D eigenvalue weighted by Crippen LogP contribution is -2.16. The van der Waals surface area contributed by atoms with Crippen LogP contribution in [0.3, 0.4) is 0 Å². The number of amides is 1. The summed E-state index contributed by atoms with van der Waals surface area (Å²) in [6, 6.07) is 5.14. The molecule has 7 heteroatoms. The van der Waals surface area contributed by atoms with E-state index >= 15 is 0 Å². The van der Waals surface area contributed by atoms with Gasteiger partial charge in [0.1, 0.15) is 11.6 Å². The molecule has 21 heavy (non-hydrogen) atoms. The average molecular weight is 289 g/mol. The van der Waals surface area contributed by atoms with Gasteiger partial charge in [-0.15, -0.1) is 0 Å². The van der Waals surface area contributed by atoms with Gasteiger partial charge in [0.25, 0.3) is 5.91 Å². The number of aromatic carboxylic acids is 1. The van der Waals surface area contributed by atoms with Gasteiger partial charge in [-0.25, -0.2) is 14.2 Å². The number of benzene rings is 1. The van der Waals surface area contributed by atoms with Gasteiger partial charge in [-0.05, 0) is 36.8 Å². The number of anilines is 2. The Morgan fingerprint density at radius 3 is 2.62 bits per heavy atom. The number of nitrogens with zero attached hydrogens (tertiary/aromatic N) is 1. The van der Waals surface area contributed by atoms with Gasteiger partial charge in [0, 0.05) is 11.9 Å². The summed E-state index contributed by atoms with van der Waals surface area (Å²) in [6.07, 6.45) is 1.48. The van der Waals surface area contributed by atoms with Crippen LogP contribution in [0.25, 0.3) is 0 Å². The van der Waals surface area contributed by atoms with Gasteiger partial charge < -0.3 is 16.2 Å². The van der Waals surface area contributed by atoms with E-state index in [0.717, 1.165) is 12.1 Å². The van der Waals surface area contributed by atoms with E-state index in [9.17, 15) is 14.0 Å². The predicted molar refractivity (Wildman–Crippen MR) is 74.1 cm³/mol. The first kappa shape index (κ1) is 14.4. The quantitative estimate of drug-likeness (QED) is 0.799. The van der Waals surface area contributed by atoms with Gasteiger partial charge in [-0.3, -0.25) is 4.79 Å². The number of carboxylic acids is 1. The zero-order valence-corrected chi connectivity index (χ0v) is 11.1. The molecular formula is C14H12FN3O3. The Morgan fingerprint density at radius 2 is 2.05 bits per heavy atom. The van der Waals surface area contributed by atoms with E-state index in [1.165, 1.54) is 12.3 Å². The van der Waals surface area contributed by atoms with Gasteiger partial charge in [0.05, 0.1) is 11.1 Å². The maximum absolute atomic E-state index is 13.6. The Labute approximate surface area is 119 Å². The number of aromatic nitrogens is 1. The van der Waals surface area contributed by atoms with E-state index in [4.69, 9.17) is 10.8 Å².